The molecule has 1 amide bonds. The predicted molar refractivity (Wildman–Crippen MR) is 130 cm³/mol. The van der Waals surface area contributed by atoms with E-state index in [0.717, 1.165) is 37.3 Å². The number of carbonyl (C=O) groups excluding carboxylic acids is 1. The van der Waals surface area contributed by atoms with Gasteiger partial charge in [-0.1, -0.05) is 0 Å². The highest BCUT2D eigenvalue weighted by molar-refractivity contribution is 7.89. The van der Waals surface area contributed by atoms with Gasteiger partial charge in [-0.3, -0.25) is 4.79 Å². The SMILES string of the molecule is NC(=O)CC1CCCN(c2ccc(S(=O)(=O)N3CCC(Nc4ccc(C(F)(F)F)cn4)CC3)cc2)C1. The van der Waals surface area contributed by atoms with E-state index < -0.39 is 21.8 Å². The molecule has 0 aliphatic carbocycles. The molecule has 196 valence electrons. The second kappa shape index (κ2) is 10.6. The summed E-state index contributed by atoms with van der Waals surface area (Å²) in [5, 5.41) is 3.10. The van der Waals surface area contributed by atoms with Crippen LogP contribution in [0.15, 0.2) is 47.5 Å². The highest BCUT2D eigenvalue weighted by Gasteiger charge is 2.32. The molecule has 1 unspecified atom stereocenters. The van der Waals surface area contributed by atoms with E-state index in [4.69, 9.17) is 5.73 Å². The molecule has 1 aromatic heterocycles. The number of nitrogens with zero attached hydrogens (tertiary/aromatic N) is 3. The van der Waals surface area contributed by atoms with Crippen molar-refractivity contribution in [1.29, 1.82) is 0 Å². The monoisotopic (exact) mass is 525 g/mol. The van der Waals surface area contributed by atoms with Gasteiger partial charge in [-0.05, 0) is 68.0 Å². The maximum absolute atomic E-state index is 13.2. The number of carbonyl (C=O) groups is 1. The van der Waals surface area contributed by atoms with Gasteiger partial charge in [-0.25, -0.2) is 13.4 Å². The van der Waals surface area contributed by atoms with E-state index in [1.807, 2.05) is 0 Å². The number of rotatable bonds is 7. The van der Waals surface area contributed by atoms with Crippen molar-refractivity contribution < 1.29 is 26.4 Å². The van der Waals surface area contributed by atoms with Crippen molar-refractivity contribution in [2.24, 2.45) is 11.7 Å². The molecular formula is C24H30F3N5O3S. The van der Waals surface area contributed by atoms with Crippen LogP contribution in [0.2, 0.25) is 0 Å². The topological polar surface area (TPSA) is 109 Å². The Morgan fingerprint density at radius 3 is 2.33 bits per heavy atom. The normalized spacial score (nSPS) is 20.3. The number of amides is 1. The summed E-state index contributed by atoms with van der Waals surface area (Å²) >= 11 is 0. The Kier molecular flexibility index (Phi) is 7.74. The Balaban J connectivity index is 1.33. The maximum Gasteiger partial charge on any atom is 0.417 e. The van der Waals surface area contributed by atoms with Crippen LogP contribution >= 0.6 is 0 Å². The van der Waals surface area contributed by atoms with E-state index in [1.54, 1.807) is 24.3 Å². The molecule has 0 bridgehead atoms. The summed E-state index contributed by atoms with van der Waals surface area (Å²) in [6.45, 7) is 2.14. The van der Waals surface area contributed by atoms with Crippen LogP contribution in [-0.2, 0) is 21.0 Å². The summed E-state index contributed by atoms with van der Waals surface area (Å²) in [5.41, 5.74) is 5.44. The van der Waals surface area contributed by atoms with E-state index in [9.17, 15) is 26.4 Å². The lowest BCUT2D eigenvalue weighted by Gasteiger charge is -2.34. The highest BCUT2D eigenvalue weighted by Crippen LogP contribution is 2.30. The number of aromatic nitrogens is 1. The summed E-state index contributed by atoms with van der Waals surface area (Å²) in [7, 11) is -3.67. The van der Waals surface area contributed by atoms with Gasteiger partial charge in [0.25, 0.3) is 0 Å². The summed E-state index contributed by atoms with van der Waals surface area (Å²) in [6, 6.07) is 8.98. The zero-order valence-corrected chi connectivity index (χ0v) is 20.6. The van der Waals surface area contributed by atoms with E-state index in [1.165, 1.54) is 10.4 Å². The van der Waals surface area contributed by atoms with Gasteiger partial charge in [-0.2, -0.15) is 17.5 Å². The molecule has 8 nitrogen and oxygen atoms in total. The Labute approximate surface area is 208 Å². The van der Waals surface area contributed by atoms with Crippen LogP contribution in [-0.4, -0.2) is 55.8 Å². The second-order valence-electron chi connectivity index (χ2n) is 9.37. The number of nitrogens with two attached hydrogens (primary N) is 1. The summed E-state index contributed by atoms with van der Waals surface area (Å²) < 4.78 is 65.9. The minimum Gasteiger partial charge on any atom is -0.371 e. The number of piperidine rings is 2. The van der Waals surface area contributed by atoms with Gasteiger partial charge in [-0.15, -0.1) is 0 Å². The number of sulfonamides is 1. The first-order valence-corrected chi connectivity index (χ1v) is 13.4. The fraction of sp³-hybridized carbons (Fsp3) is 0.500. The van der Waals surface area contributed by atoms with Crippen LogP contribution in [0.4, 0.5) is 24.7 Å². The van der Waals surface area contributed by atoms with Crippen LogP contribution in [0.5, 0.6) is 0 Å². The van der Waals surface area contributed by atoms with E-state index in [-0.39, 0.29) is 22.8 Å². The minimum atomic E-state index is -4.44. The van der Waals surface area contributed by atoms with E-state index in [2.05, 4.69) is 15.2 Å². The Morgan fingerprint density at radius 1 is 1.06 bits per heavy atom. The average molecular weight is 526 g/mol. The molecule has 3 heterocycles. The first-order chi connectivity index (χ1) is 17.0. The predicted octanol–water partition coefficient (Wildman–Crippen LogP) is 3.46. The van der Waals surface area contributed by atoms with Crippen molar-refractivity contribution in [3.8, 4) is 0 Å². The third-order valence-corrected chi connectivity index (χ3v) is 8.66. The number of anilines is 2. The van der Waals surface area contributed by atoms with Crippen LogP contribution in [0, 0.1) is 5.92 Å². The van der Waals surface area contributed by atoms with Gasteiger partial charge in [0.05, 0.1) is 10.5 Å². The third-order valence-electron chi connectivity index (χ3n) is 6.75. The maximum atomic E-state index is 13.2. The molecule has 36 heavy (non-hydrogen) atoms. The van der Waals surface area contributed by atoms with Gasteiger partial charge >= 0.3 is 6.18 Å². The fourth-order valence-corrected chi connectivity index (χ4v) is 6.29. The van der Waals surface area contributed by atoms with Crippen LogP contribution in [0.3, 0.4) is 0 Å². The molecule has 2 saturated heterocycles. The van der Waals surface area contributed by atoms with Crippen LogP contribution in [0.25, 0.3) is 0 Å². The molecule has 1 aromatic carbocycles. The lowest BCUT2D eigenvalue weighted by molar-refractivity contribution is -0.137. The Morgan fingerprint density at radius 2 is 1.75 bits per heavy atom. The largest absolute Gasteiger partial charge is 0.417 e. The van der Waals surface area contributed by atoms with Gasteiger partial charge < -0.3 is 16.0 Å². The molecule has 4 rings (SSSR count). The number of primary amides is 1. The van der Waals surface area contributed by atoms with Gasteiger partial charge in [0, 0.05) is 50.5 Å². The number of halogens is 3. The number of pyridine rings is 1. The minimum absolute atomic E-state index is 0.0875. The molecule has 2 fully saturated rings. The van der Waals surface area contributed by atoms with Crippen molar-refractivity contribution in [3.05, 3.63) is 48.2 Å². The van der Waals surface area contributed by atoms with Crippen molar-refractivity contribution in [2.45, 2.75) is 49.2 Å². The zero-order valence-electron chi connectivity index (χ0n) is 19.7. The standard InChI is InChI=1S/C24H30F3N5O3S/c25-24(26,27)18-3-8-23(29-15-18)30-19-9-12-32(13-10-19)36(34,35)21-6-4-20(5-7-21)31-11-1-2-17(16-31)14-22(28)33/h3-8,15,17,19H,1-2,9-14,16H2,(H2,28,33)(H,29,30). The third kappa shape index (κ3) is 6.28. The lowest BCUT2D eigenvalue weighted by atomic mass is 9.94. The number of benzene rings is 1. The number of alkyl halides is 3. The number of hydrogen-bond donors (Lipinski definition) is 2. The molecule has 2 aliphatic rings. The van der Waals surface area contributed by atoms with Gasteiger partial charge in [0.2, 0.25) is 15.9 Å². The molecule has 12 heteroatoms. The second-order valence-corrected chi connectivity index (χ2v) is 11.3. The molecule has 0 saturated carbocycles. The first kappa shape index (κ1) is 26.2. The summed E-state index contributed by atoms with van der Waals surface area (Å²) in [5.74, 6) is 0.223. The average Bonchev–Trinajstić information content (AvgIpc) is 2.84. The zero-order chi connectivity index (χ0) is 25.9. The lowest BCUT2D eigenvalue weighted by Crippen LogP contribution is -2.42. The summed E-state index contributed by atoms with van der Waals surface area (Å²) in [4.78, 5) is 17.5. The van der Waals surface area contributed by atoms with Crippen molar-refractivity contribution in [2.75, 3.05) is 36.4 Å². The molecule has 0 spiro atoms. The van der Waals surface area contributed by atoms with Gasteiger partial charge in [0.1, 0.15) is 5.82 Å². The summed E-state index contributed by atoms with van der Waals surface area (Å²) in [6.07, 6.45) is -0.390. The van der Waals surface area contributed by atoms with Gasteiger partial charge in [0.15, 0.2) is 0 Å². The Bertz CT molecular complexity index is 1150. The molecule has 2 aromatic rings. The first-order valence-electron chi connectivity index (χ1n) is 12.0. The van der Waals surface area contributed by atoms with Crippen molar-refractivity contribution in [3.63, 3.8) is 0 Å². The number of nitrogens with one attached hydrogen (secondary N) is 1. The quantitative estimate of drug-likeness (QED) is 0.573. The molecule has 1 atom stereocenters. The van der Waals surface area contributed by atoms with Crippen LogP contribution in [0.1, 0.15) is 37.7 Å². The van der Waals surface area contributed by atoms with Crippen LogP contribution < -0.4 is 16.0 Å². The fourth-order valence-electron chi connectivity index (χ4n) is 4.83. The molecule has 3 N–H and O–H groups in total. The van der Waals surface area contributed by atoms with E-state index >= 15 is 0 Å². The van der Waals surface area contributed by atoms with Crippen molar-refractivity contribution >= 4 is 27.4 Å². The highest BCUT2D eigenvalue weighted by atomic mass is 32.2. The molecule has 2 aliphatic heterocycles. The Hall–Kier alpha value is -2.86. The molecule has 0 radical (unpaired) electrons. The smallest absolute Gasteiger partial charge is 0.371 e. The number of hydrogen-bond acceptors (Lipinski definition) is 6. The molecular weight excluding hydrogens is 495 g/mol. The van der Waals surface area contributed by atoms with E-state index in [0.29, 0.717) is 44.7 Å². The van der Waals surface area contributed by atoms with Crippen molar-refractivity contribution in [1.82, 2.24) is 9.29 Å².